The molecule has 0 bridgehead atoms. The molecule has 0 aromatic carbocycles. The van der Waals surface area contributed by atoms with Crippen LogP contribution < -0.4 is 5.32 Å². The zero-order valence-corrected chi connectivity index (χ0v) is 11.2. The normalized spacial score (nSPS) is 15.9. The van der Waals surface area contributed by atoms with Crippen molar-refractivity contribution in [2.75, 3.05) is 32.7 Å². The summed E-state index contributed by atoms with van der Waals surface area (Å²) < 4.78 is 0. The van der Waals surface area contributed by atoms with Gasteiger partial charge in [-0.15, -0.1) is 0 Å². The number of carboxylic acid groups (broad SMARTS) is 1. The summed E-state index contributed by atoms with van der Waals surface area (Å²) in [5.41, 5.74) is 0. The Balaban J connectivity index is 2.29. The number of carbonyl (C=O) groups excluding carboxylic acids is 1. The Labute approximate surface area is 108 Å². The van der Waals surface area contributed by atoms with E-state index in [1.54, 1.807) is 0 Å². The van der Waals surface area contributed by atoms with Crippen molar-refractivity contribution in [3.8, 4) is 0 Å². The fourth-order valence-electron chi connectivity index (χ4n) is 2.06. The second-order valence-corrected chi connectivity index (χ2v) is 4.90. The molecule has 0 aromatic rings. The fraction of sp³-hybridized carbons (Fsp3) is 0.833. The zero-order valence-electron chi connectivity index (χ0n) is 11.2. The summed E-state index contributed by atoms with van der Waals surface area (Å²) in [5.74, 6) is -0.988. The van der Waals surface area contributed by atoms with E-state index in [-0.39, 0.29) is 18.6 Å². The molecule has 18 heavy (non-hydrogen) atoms. The average Bonchev–Trinajstić information content (AvgIpc) is 2.78. The largest absolute Gasteiger partial charge is 0.480 e. The van der Waals surface area contributed by atoms with Crippen molar-refractivity contribution in [3.05, 3.63) is 0 Å². The highest BCUT2D eigenvalue weighted by molar-refractivity contribution is 5.80. The second kappa shape index (κ2) is 7.20. The van der Waals surface area contributed by atoms with Gasteiger partial charge >= 0.3 is 12.0 Å². The molecular weight excluding hydrogens is 234 g/mol. The van der Waals surface area contributed by atoms with Crippen molar-refractivity contribution in [3.63, 3.8) is 0 Å². The lowest BCUT2D eigenvalue weighted by atomic mass is 10.3. The van der Waals surface area contributed by atoms with Gasteiger partial charge in [-0.25, -0.2) is 4.79 Å². The van der Waals surface area contributed by atoms with Crippen LogP contribution >= 0.6 is 0 Å². The van der Waals surface area contributed by atoms with Crippen LogP contribution in [0, 0.1) is 0 Å². The Hall–Kier alpha value is -1.30. The van der Waals surface area contributed by atoms with Crippen molar-refractivity contribution < 1.29 is 14.7 Å². The molecular formula is C12H23N3O3. The van der Waals surface area contributed by atoms with Crippen LogP contribution in [0.3, 0.4) is 0 Å². The summed E-state index contributed by atoms with van der Waals surface area (Å²) in [7, 11) is 0. The second-order valence-electron chi connectivity index (χ2n) is 4.90. The van der Waals surface area contributed by atoms with Crippen LogP contribution in [-0.4, -0.2) is 65.7 Å². The van der Waals surface area contributed by atoms with Crippen LogP contribution in [0.2, 0.25) is 0 Å². The minimum absolute atomic E-state index is 0.118. The Morgan fingerprint density at radius 3 is 2.44 bits per heavy atom. The maximum Gasteiger partial charge on any atom is 0.323 e. The SMILES string of the molecule is CC(C)N(CC(=O)O)C(=O)NCCN1CCCC1. The van der Waals surface area contributed by atoms with Gasteiger partial charge in [0.15, 0.2) is 0 Å². The Morgan fingerprint density at radius 2 is 1.94 bits per heavy atom. The molecule has 104 valence electrons. The van der Waals surface area contributed by atoms with E-state index in [1.807, 2.05) is 13.8 Å². The number of likely N-dealkylation sites (tertiary alicyclic amines) is 1. The number of hydrogen-bond acceptors (Lipinski definition) is 3. The molecule has 0 aliphatic carbocycles. The smallest absolute Gasteiger partial charge is 0.323 e. The first-order chi connectivity index (χ1) is 8.50. The van der Waals surface area contributed by atoms with Crippen LogP contribution in [0.25, 0.3) is 0 Å². The molecule has 1 saturated heterocycles. The molecule has 0 unspecified atom stereocenters. The van der Waals surface area contributed by atoms with Crippen LogP contribution in [0.15, 0.2) is 0 Å². The van der Waals surface area contributed by atoms with Crippen molar-refractivity contribution in [2.45, 2.75) is 32.7 Å². The Morgan fingerprint density at radius 1 is 1.33 bits per heavy atom. The average molecular weight is 257 g/mol. The third-order valence-corrected chi connectivity index (χ3v) is 3.09. The third kappa shape index (κ3) is 4.91. The quantitative estimate of drug-likeness (QED) is 0.730. The number of carboxylic acids is 1. The molecule has 0 atom stereocenters. The molecule has 1 fully saturated rings. The molecule has 0 aromatic heterocycles. The van der Waals surface area contributed by atoms with Gasteiger partial charge in [-0.3, -0.25) is 4.79 Å². The number of nitrogens with zero attached hydrogens (tertiary/aromatic N) is 2. The highest BCUT2D eigenvalue weighted by Gasteiger charge is 2.19. The zero-order chi connectivity index (χ0) is 13.5. The summed E-state index contributed by atoms with van der Waals surface area (Å²) in [6, 6.07) is -0.417. The van der Waals surface area contributed by atoms with E-state index in [0.717, 1.165) is 19.6 Å². The van der Waals surface area contributed by atoms with Gasteiger partial charge in [-0.05, 0) is 39.8 Å². The van der Waals surface area contributed by atoms with E-state index in [4.69, 9.17) is 5.11 Å². The molecule has 1 rings (SSSR count). The topological polar surface area (TPSA) is 72.9 Å². The number of rotatable bonds is 6. The van der Waals surface area contributed by atoms with Gasteiger partial charge in [-0.2, -0.15) is 0 Å². The van der Waals surface area contributed by atoms with E-state index < -0.39 is 5.97 Å². The number of urea groups is 1. The van der Waals surface area contributed by atoms with E-state index in [0.29, 0.717) is 6.54 Å². The number of amides is 2. The highest BCUT2D eigenvalue weighted by Crippen LogP contribution is 2.05. The molecule has 2 amide bonds. The van der Waals surface area contributed by atoms with E-state index in [9.17, 15) is 9.59 Å². The lowest BCUT2D eigenvalue weighted by Crippen LogP contribution is -2.48. The number of nitrogens with one attached hydrogen (secondary N) is 1. The molecule has 1 heterocycles. The van der Waals surface area contributed by atoms with Gasteiger partial charge in [0.25, 0.3) is 0 Å². The van der Waals surface area contributed by atoms with Crippen molar-refractivity contribution >= 4 is 12.0 Å². The summed E-state index contributed by atoms with van der Waals surface area (Å²) >= 11 is 0. The summed E-state index contributed by atoms with van der Waals surface area (Å²) in [6.07, 6.45) is 2.45. The molecule has 0 radical (unpaired) electrons. The van der Waals surface area contributed by atoms with Crippen molar-refractivity contribution in [1.82, 2.24) is 15.1 Å². The predicted molar refractivity (Wildman–Crippen MR) is 68.6 cm³/mol. The molecule has 1 aliphatic heterocycles. The standard InChI is InChI=1S/C12H23N3O3/c1-10(2)15(9-11(16)17)12(18)13-5-8-14-6-3-4-7-14/h10H,3-9H2,1-2H3,(H,13,18)(H,16,17). The molecule has 1 aliphatic rings. The van der Waals surface area contributed by atoms with Gasteiger partial charge in [0.05, 0.1) is 0 Å². The first-order valence-corrected chi connectivity index (χ1v) is 6.49. The van der Waals surface area contributed by atoms with E-state index >= 15 is 0 Å². The molecule has 6 heteroatoms. The van der Waals surface area contributed by atoms with Gasteiger partial charge in [0.1, 0.15) is 6.54 Å². The third-order valence-electron chi connectivity index (χ3n) is 3.09. The lowest BCUT2D eigenvalue weighted by molar-refractivity contribution is -0.138. The Bertz CT molecular complexity index is 288. The van der Waals surface area contributed by atoms with Crippen LogP contribution in [0.5, 0.6) is 0 Å². The number of carbonyl (C=O) groups is 2. The van der Waals surface area contributed by atoms with E-state index in [1.165, 1.54) is 17.7 Å². The van der Waals surface area contributed by atoms with Crippen LogP contribution in [0.1, 0.15) is 26.7 Å². The minimum Gasteiger partial charge on any atom is -0.480 e. The molecule has 0 spiro atoms. The van der Waals surface area contributed by atoms with Gasteiger partial charge in [0.2, 0.25) is 0 Å². The summed E-state index contributed by atoms with van der Waals surface area (Å²) in [6.45, 7) is 6.96. The van der Waals surface area contributed by atoms with Gasteiger partial charge < -0.3 is 20.2 Å². The number of hydrogen-bond donors (Lipinski definition) is 2. The fourth-order valence-corrected chi connectivity index (χ4v) is 2.06. The van der Waals surface area contributed by atoms with Crippen molar-refractivity contribution in [1.29, 1.82) is 0 Å². The first kappa shape index (κ1) is 14.8. The van der Waals surface area contributed by atoms with Crippen LogP contribution in [0.4, 0.5) is 4.79 Å². The first-order valence-electron chi connectivity index (χ1n) is 6.49. The molecule has 2 N–H and O–H groups in total. The van der Waals surface area contributed by atoms with E-state index in [2.05, 4.69) is 10.2 Å². The molecule has 0 saturated carbocycles. The minimum atomic E-state index is -0.988. The predicted octanol–water partition coefficient (Wildman–Crippen LogP) is 0.587. The molecule has 6 nitrogen and oxygen atoms in total. The van der Waals surface area contributed by atoms with Gasteiger partial charge in [-0.1, -0.05) is 0 Å². The van der Waals surface area contributed by atoms with Crippen molar-refractivity contribution in [2.24, 2.45) is 0 Å². The monoisotopic (exact) mass is 257 g/mol. The summed E-state index contributed by atoms with van der Waals surface area (Å²) in [5, 5.41) is 11.5. The Kier molecular flexibility index (Phi) is 5.91. The summed E-state index contributed by atoms with van der Waals surface area (Å²) in [4.78, 5) is 26.1. The maximum atomic E-state index is 11.8. The maximum absolute atomic E-state index is 11.8. The van der Waals surface area contributed by atoms with Gasteiger partial charge in [0, 0.05) is 19.1 Å². The highest BCUT2D eigenvalue weighted by atomic mass is 16.4. The number of aliphatic carboxylic acids is 1. The lowest BCUT2D eigenvalue weighted by Gasteiger charge is -2.25. The van der Waals surface area contributed by atoms with Crippen LogP contribution in [-0.2, 0) is 4.79 Å².